The lowest BCUT2D eigenvalue weighted by atomic mass is 10.0. The molecule has 2 rings (SSSR count). The molecule has 0 saturated heterocycles. The third kappa shape index (κ3) is 2.28. The van der Waals surface area contributed by atoms with Crippen LogP contribution in [0.25, 0.3) is 11.1 Å². The first kappa shape index (κ1) is 10.4. The summed E-state index contributed by atoms with van der Waals surface area (Å²) in [5.74, 6) is -0.0837. The van der Waals surface area contributed by atoms with Gasteiger partial charge in [0.1, 0.15) is 0 Å². The van der Waals surface area contributed by atoms with Gasteiger partial charge in [0.25, 0.3) is 0 Å². The molecule has 0 heterocycles. The lowest BCUT2D eigenvalue weighted by Gasteiger charge is -2.09. The number of nitrogens with one attached hydrogen (secondary N) is 1. The van der Waals surface area contributed by atoms with Crippen LogP contribution in [0.5, 0.6) is 0 Å². The number of rotatable bonds is 2. The van der Waals surface area contributed by atoms with Crippen molar-refractivity contribution in [1.29, 1.82) is 0 Å². The molecule has 0 aromatic heterocycles. The van der Waals surface area contributed by atoms with Gasteiger partial charge < -0.3 is 5.32 Å². The van der Waals surface area contributed by atoms with Gasteiger partial charge in [-0.3, -0.25) is 4.79 Å². The number of hydrogen-bond donors (Lipinski definition) is 1. The summed E-state index contributed by atoms with van der Waals surface area (Å²) in [6.45, 7) is 1.50. The molecule has 1 amide bonds. The molecule has 0 spiro atoms. The van der Waals surface area contributed by atoms with Gasteiger partial charge in [-0.25, -0.2) is 0 Å². The third-order valence-electron chi connectivity index (χ3n) is 2.24. The smallest absolute Gasteiger partial charge is 0.221 e. The maximum absolute atomic E-state index is 11.1. The quantitative estimate of drug-likeness (QED) is 0.810. The monoisotopic (exact) mass is 210 g/mol. The molecule has 2 aromatic carbocycles. The average Bonchev–Trinajstić information content (AvgIpc) is 2.30. The summed E-state index contributed by atoms with van der Waals surface area (Å²) in [7, 11) is 0. The van der Waals surface area contributed by atoms with Crippen LogP contribution < -0.4 is 5.32 Å². The highest BCUT2D eigenvalue weighted by atomic mass is 16.1. The van der Waals surface area contributed by atoms with E-state index >= 15 is 0 Å². The zero-order valence-corrected chi connectivity index (χ0v) is 9.03. The van der Waals surface area contributed by atoms with Gasteiger partial charge in [0.05, 0.1) is 5.69 Å². The molecular weight excluding hydrogens is 198 g/mol. The van der Waals surface area contributed by atoms with Crippen molar-refractivity contribution in [2.24, 2.45) is 0 Å². The van der Waals surface area contributed by atoms with Crippen LogP contribution in [-0.4, -0.2) is 5.91 Å². The molecule has 0 aliphatic rings. The number of benzene rings is 2. The molecule has 2 heteroatoms. The molecule has 79 valence electrons. The van der Waals surface area contributed by atoms with Gasteiger partial charge in [0, 0.05) is 18.6 Å². The van der Waals surface area contributed by atoms with Crippen molar-refractivity contribution >= 4 is 11.6 Å². The summed E-state index contributed by atoms with van der Waals surface area (Å²) in [6.07, 6.45) is 0. The number of amides is 1. The Balaban J connectivity index is 2.44. The first-order chi connectivity index (χ1) is 7.77. The van der Waals surface area contributed by atoms with Gasteiger partial charge in [-0.2, -0.15) is 0 Å². The number of para-hydroxylation sites is 1. The first-order valence-corrected chi connectivity index (χ1v) is 5.11. The molecule has 0 fully saturated rings. The number of anilines is 1. The molecule has 0 aliphatic carbocycles. The fourth-order valence-corrected chi connectivity index (χ4v) is 1.57. The van der Waals surface area contributed by atoms with Gasteiger partial charge >= 0.3 is 0 Å². The van der Waals surface area contributed by atoms with Crippen LogP contribution in [0.3, 0.4) is 0 Å². The van der Waals surface area contributed by atoms with Crippen molar-refractivity contribution in [3.8, 4) is 11.1 Å². The predicted octanol–water partition coefficient (Wildman–Crippen LogP) is 3.11. The largest absolute Gasteiger partial charge is 0.325 e. The zero-order valence-electron chi connectivity index (χ0n) is 9.03. The third-order valence-corrected chi connectivity index (χ3v) is 2.24. The van der Waals surface area contributed by atoms with E-state index in [9.17, 15) is 4.79 Å². The molecule has 0 aliphatic heterocycles. The van der Waals surface area contributed by atoms with Crippen LogP contribution in [-0.2, 0) is 4.79 Å². The highest BCUT2D eigenvalue weighted by Crippen LogP contribution is 2.26. The number of carbonyl (C=O) groups is 1. The lowest BCUT2D eigenvalue weighted by molar-refractivity contribution is -0.114. The molecule has 0 unspecified atom stereocenters. The van der Waals surface area contributed by atoms with Crippen molar-refractivity contribution in [3.63, 3.8) is 0 Å². The van der Waals surface area contributed by atoms with Crippen LogP contribution in [0.15, 0.2) is 48.5 Å². The normalized spacial score (nSPS) is 9.81. The Labute approximate surface area is 94.9 Å². The second-order valence-electron chi connectivity index (χ2n) is 3.51. The first-order valence-electron chi connectivity index (χ1n) is 5.11. The van der Waals surface area contributed by atoms with E-state index in [1.54, 1.807) is 6.07 Å². The van der Waals surface area contributed by atoms with Crippen LogP contribution >= 0.6 is 0 Å². The predicted molar refractivity (Wildman–Crippen MR) is 65.0 cm³/mol. The molecule has 2 aromatic rings. The molecule has 2 nitrogen and oxygen atoms in total. The molecule has 1 radical (unpaired) electrons. The zero-order chi connectivity index (χ0) is 11.4. The van der Waals surface area contributed by atoms with Crippen molar-refractivity contribution < 1.29 is 4.79 Å². The van der Waals surface area contributed by atoms with Crippen LogP contribution in [0.1, 0.15) is 6.92 Å². The van der Waals surface area contributed by atoms with E-state index in [4.69, 9.17) is 0 Å². The molecule has 1 N–H and O–H groups in total. The second-order valence-corrected chi connectivity index (χ2v) is 3.51. The van der Waals surface area contributed by atoms with Crippen molar-refractivity contribution in [2.75, 3.05) is 5.32 Å². The Kier molecular flexibility index (Phi) is 3.01. The molecule has 0 bridgehead atoms. The van der Waals surface area contributed by atoms with E-state index in [0.717, 1.165) is 16.8 Å². The standard InChI is InChI=1S/C14H12NO/c1-11(16)15-14-10-6-5-9-13(14)12-7-3-2-4-8-12/h2-9H,1H3,(H,15,16). The Hall–Kier alpha value is -2.09. The van der Waals surface area contributed by atoms with Gasteiger partial charge in [-0.15, -0.1) is 0 Å². The fourth-order valence-electron chi connectivity index (χ4n) is 1.57. The Morgan fingerprint density at radius 3 is 2.56 bits per heavy atom. The number of hydrogen-bond acceptors (Lipinski definition) is 1. The van der Waals surface area contributed by atoms with E-state index in [2.05, 4.69) is 11.4 Å². The van der Waals surface area contributed by atoms with Gasteiger partial charge in [0.2, 0.25) is 5.91 Å². The van der Waals surface area contributed by atoms with Crippen molar-refractivity contribution in [3.05, 3.63) is 54.6 Å². The van der Waals surface area contributed by atoms with E-state index in [1.165, 1.54) is 6.92 Å². The minimum Gasteiger partial charge on any atom is -0.325 e. The minimum atomic E-state index is -0.0837. The van der Waals surface area contributed by atoms with Crippen LogP contribution in [0.2, 0.25) is 0 Å². The van der Waals surface area contributed by atoms with Crippen molar-refractivity contribution in [1.82, 2.24) is 0 Å². The Bertz CT molecular complexity index is 491. The van der Waals surface area contributed by atoms with Gasteiger partial charge in [-0.05, 0) is 5.56 Å². The second kappa shape index (κ2) is 4.62. The molecule has 0 atom stereocenters. The fraction of sp³-hybridized carbons (Fsp3) is 0.0714. The summed E-state index contributed by atoms with van der Waals surface area (Å²) in [5, 5.41) is 2.78. The topological polar surface area (TPSA) is 29.1 Å². The highest BCUT2D eigenvalue weighted by molar-refractivity contribution is 5.93. The lowest BCUT2D eigenvalue weighted by Crippen LogP contribution is -2.06. The molecule has 16 heavy (non-hydrogen) atoms. The summed E-state index contributed by atoms with van der Waals surface area (Å²) in [4.78, 5) is 11.1. The maximum atomic E-state index is 11.1. The van der Waals surface area contributed by atoms with Crippen LogP contribution in [0.4, 0.5) is 5.69 Å². The Morgan fingerprint density at radius 2 is 1.88 bits per heavy atom. The van der Waals surface area contributed by atoms with Crippen molar-refractivity contribution in [2.45, 2.75) is 6.92 Å². The summed E-state index contributed by atoms with van der Waals surface area (Å²) < 4.78 is 0. The SMILES string of the molecule is CC(=O)Nc1[c]cccc1-c1ccccc1. The molecule has 0 saturated carbocycles. The Morgan fingerprint density at radius 1 is 1.12 bits per heavy atom. The summed E-state index contributed by atoms with van der Waals surface area (Å²) in [6, 6.07) is 18.6. The maximum Gasteiger partial charge on any atom is 0.221 e. The number of carbonyl (C=O) groups excluding carboxylic acids is 1. The molecular formula is C14H12NO. The van der Waals surface area contributed by atoms with E-state index in [0.29, 0.717) is 0 Å². The van der Waals surface area contributed by atoms with Crippen LogP contribution in [0, 0.1) is 6.07 Å². The highest BCUT2D eigenvalue weighted by Gasteiger charge is 2.04. The van der Waals surface area contributed by atoms with Gasteiger partial charge in [-0.1, -0.05) is 48.5 Å². The minimum absolute atomic E-state index is 0.0837. The van der Waals surface area contributed by atoms with E-state index in [-0.39, 0.29) is 5.91 Å². The van der Waals surface area contributed by atoms with E-state index in [1.807, 2.05) is 42.5 Å². The summed E-state index contributed by atoms with van der Waals surface area (Å²) >= 11 is 0. The van der Waals surface area contributed by atoms with E-state index < -0.39 is 0 Å². The van der Waals surface area contributed by atoms with Gasteiger partial charge in [0.15, 0.2) is 0 Å². The summed E-state index contributed by atoms with van der Waals surface area (Å²) in [5.41, 5.74) is 2.78. The average molecular weight is 210 g/mol.